The fourth-order valence-electron chi connectivity index (χ4n) is 4.20. The van der Waals surface area contributed by atoms with E-state index in [0.29, 0.717) is 13.0 Å². The Labute approximate surface area is 161 Å². The van der Waals surface area contributed by atoms with Crippen molar-refractivity contribution in [2.24, 2.45) is 0 Å². The topological polar surface area (TPSA) is 38.8 Å². The fourth-order valence-corrected chi connectivity index (χ4v) is 4.20. The maximum Gasteiger partial charge on any atom is 0.227 e. The van der Waals surface area contributed by atoms with Crippen molar-refractivity contribution in [3.05, 3.63) is 53.6 Å². The van der Waals surface area contributed by atoms with Crippen LogP contribution < -0.4 is 14.4 Å². The van der Waals surface area contributed by atoms with Crippen LogP contribution in [0.3, 0.4) is 0 Å². The number of nitrogens with zero attached hydrogens (tertiary/aromatic N) is 1. The summed E-state index contributed by atoms with van der Waals surface area (Å²) >= 11 is 0. The number of rotatable bonds is 5. The minimum Gasteiger partial charge on any atom is -0.493 e. The number of hydrogen-bond donors (Lipinski definition) is 0. The van der Waals surface area contributed by atoms with Crippen LogP contribution in [0, 0.1) is 6.92 Å². The summed E-state index contributed by atoms with van der Waals surface area (Å²) in [6.45, 7) is 2.76. The van der Waals surface area contributed by atoms with Gasteiger partial charge in [-0.15, -0.1) is 0 Å². The predicted molar refractivity (Wildman–Crippen MR) is 107 cm³/mol. The van der Waals surface area contributed by atoms with Gasteiger partial charge in [-0.05, 0) is 68.0 Å². The molecule has 1 atom stereocenters. The molecule has 2 aliphatic rings. The molecule has 1 amide bonds. The lowest BCUT2D eigenvalue weighted by molar-refractivity contribution is -0.117. The van der Waals surface area contributed by atoms with Crippen LogP contribution in [-0.2, 0) is 4.79 Å². The first kappa shape index (κ1) is 17.9. The van der Waals surface area contributed by atoms with E-state index in [2.05, 4.69) is 31.2 Å². The van der Waals surface area contributed by atoms with E-state index in [1.807, 2.05) is 23.1 Å². The van der Waals surface area contributed by atoms with Crippen LogP contribution in [0.2, 0.25) is 0 Å². The summed E-state index contributed by atoms with van der Waals surface area (Å²) in [7, 11) is 1.68. The molecule has 0 aromatic heterocycles. The van der Waals surface area contributed by atoms with E-state index in [-0.39, 0.29) is 17.9 Å². The highest BCUT2D eigenvalue weighted by molar-refractivity contribution is 5.96. The van der Waals surface area contributed by atoms with Crippen LogP contribution in [0.4, 0.5) is 5.69 Å². The van der Waals surface area contributed by atoms with Gasteiger partial charge in [0.25, 0.3) is 0 Å². The Morgan fingerprint density at radius 2 is 1.85 bits per heavy atom. The highest BCUT2D eigenvalue weighted by atomic mass is 16.5. The third kappa shape index (κ3) is 3.80. The smallest absolute Gasteiger partial charge is 0.227 e. The van der Waals surface area contributed by atoms with Gasteiger partial charge in [-0.25, -0.2) is 0 Å². The molecule has 1 aliphatic heterocycles. The molecule has 4 nitrogen and oxygen atoms in total. The standard InChI is InChI=1S/C23H27NO3/c1-16-6-5-7-19(12-16)24-15-18(14-23(24)25)17-10-11-21(26-2)22(13-17)27-20-8-3-4-9-20/h5-7,10-13,18,20H,3-4,8-9,14-15H2,1-2H3/t18-/m0/s1. The van der Waals surface area contributed by atoms with Crippen LogP contribution in [0.25, 0.3) is 0 Å². The van der Waals surface area contributed by atoms with Gasteiger partial charge in [0, 0.05) is 24.6 Å². The molecular formula is C23H27NO3. The van der Waals surface area contributed by atoms with Crippen LogP contribution in [0.15, 0.2) is 42.5 Å². The minimum atomic E-state index is 0.176. The Hall–Kier alpha value is -2.49. The first-order valence-electron chi connectivity index (χ1n) is 9.85. The van der Waals surface area contributed by atoms with E-state index in [4.69, 9.17) is 9.47 Å². The van der Waals surface area contributed by atoms with Gasteiger partial charge in [0.1, 0.15) is 0 Å². The third-order valence-electron chi connectivity index (χ3n) is 5.69. The van der Waals surface area contributed by atoms with E-state index in [1.54, 1.807) is 7.11 Å². The summed E-state index contributed by atoms with van der Waals surface area (Å²) in [6.07, 6.45) is 5.49. The van der Waals surface area contributed by atoms with Crippen molar-refractivity contribution in [3.8, 4) is 11.5 Å². The first-order valence-corrected chi connectivity index (χ1v) is 9.85. The Kier molecular flexibility index (Phi) is 5.06. The zero-order chi connectivity index (χ0) is 18.8. The number of aryl methyl sites for hydroxylation is 1. The molecule has 2 aromatic carbocycles. The number of amides is 1. The Balaban J connectivity index is 1.55. The van der Waals surface area contributed by atoms with Crippen molar-refractivity contribution >= 4 is 11.6 Å². The van der Waals surface area contributed by atoms with Crippen molar-refractivity contribution in [2.45, 2.75) is 51.0 Å². The summed E-state index contributed by atoms with van der Waals surface area (Å²) in [4.78, 5) is 14.5. The zero-order valence-electron chi connectivity index (χ0n) is 16.1. The van der Waals surface area contributed by atoms with Gasteiger partial charge in [0.05, 0.1) is 13.2 Å². The Bertz CT molecular complexity index is 826. The lowest BCUT2D eigenvalue weighted by atomic mass is 9.98. The maximum atomic E-state index is 12.6. The lowest BCUT2D eigenvalue weighted by Gasteiger charge is -2.19. The molecule has 0 spiro atoms. The molecule has 27 heavy (non-hydrogen) atoms. The molecular weight excluding hydrogens is 338 g/mol. The monoisotopic (exact) mass is 365 g/mol. The molecule has 0 N–H and O–H groups in total. The molecule has 1 heterocycles. The number of hydrogen-bond acceptors (Lipinski definition) is 3. The largest absolute Gasteiger partial charge is 0.493 e. The van der Waals surface area contributed by atoms with E-state index in [1.165, 1.54) is 18.4 Å². The molecule has 0 radical (unpaired) electrons. The average Bonchev–Trinajstić information content (AvgIpc) is 3.31. The van der Waals surface area contributed by atoms with Gasteiger partial charge in [0.2, 0.25) is 5.91 Å². The molecule has 2 fully saturated rings. The first-order chi connectivity index (χ1) is 13.1. The van der Waals surface area contributed by atoms with Crippen molar-refractivity contribution in [3.63, 3.8) is 0 Å². The van der Waals surface area contributed by atoms with Crippen LogP contribution in [0.1, 0.15) is 49.1 Å². The molecule has 0 unspecified atom stereocenters. The molecule has 2 aromatic rings. The molecule has 1 aliphatic carbocycles. The maximum absolute atomic E-state index is 12.6. The number of carbonyl (C=O) groups is 1. The summed E-state index contributed by atoms with van der Waals surface area (Å²) in [5.41, 5.74) is 3.30. The highest BCUT2D eigenvalue weighted by Gasteiger charge is 2.32. The third-order valence-corrected chi connectivity index (χ3v) is 5.69. The molecule has 4 rings (SSSR count). The van der Waals surface area contributed by atoms with Crippen molar-refractivity contribution in [2.75, 3.05) is 18.6 Å². The average molecular weight is 365 g/mol. The van der Waals surface area contributed by atoms with Crippen molar-refractivity contribution in [1.29, 1.82) is 0 Å². The quantitative estimate of drug-likeness (QED) is 0.761. The normalized spacial score (nSPS) is 20.3. The number of ether oxygens (including phenoxy) is 2. The van der Waals surface area contributed by atoms with Gasteiger partial charge in [0.15, 0.2) is 11.5 Å². The highest BCUT2D eigenvalue weighted by Crippen LogP contribution is 2.38. The Morgan fingerprint density at radius 3 is 2.59 bits per heavy atom. The summed E-state index contributed by atoms with van der Waals surface area (Å²) in [5.74, 6) is 1.93. The van der Waals surface area contributed by atoms with Gasteiger partial charge in [-0.2, -0.15) is 0 Å². The SMILES string of the molecule is COc1ccc([C@H]2CC(=O)N(c3cccc(C)c3)C2)cc1OC1CCCC1. The van der Waals surface area contributed by atoms with E-state index >= 15 is 0 Å². The predicted octanol–water partition coefficient (Wildman–Crippen LogP) is 4.85. The van der Waals surface area contributed by atoms with Gasteiger partial charge in [-0.1, -0.05) is 18.2 Å². The zero-order valence-corrected chi connectivity index (χ0v) is 16.1. The molecule has 4 heteroatoms. The summed E-state index contributed by atoms with van der Waals surface area (Å²) < 4.78 is 11.7. The second-order valence-electron chi connectivity index (χ2n) is 7.68. The summed E-state index contributed by atoms with van der Waals surface area (Å²) in [5, 5.41) is 0. The summed E-state index contributed by atoms with van der Waals surface area (Å²) in [6, 6.07) is 14.3. The van der Waals surface area contributed by atoms with Gasteiger partial charge < -0.3 is 14.4 Å². The lowest BCUT2D eigenvalue weighted by Crippen LogP contribution is -2.24. The van der Waals surface area contributed by atoms with Gasteiger partial charge in [-0.3, -0.25) is 4.79 Å². The molecule has 0 bridgehead atoms. The number of anilines is 1. The van der Waals surface area contributed by atoms with E-state index in [0.717, 1.165) is 35.6 Å². The fraction of sp³-hybridized carbons (Fsp3) is 0.435. The van der Waals surface area contributed by atoms with Crippen molar-refractivity contribution < 1.29 is 14.3 Å². The van der Waals surface area contributed by atoms with Crippen LogP contribution in [0.5, 0.6) is 11.5 Å². The van der Waals surface area contributed by atoms with E-state index in [9.17, 15) is 4.79 Å². The van der Waals surface area contributed by atoms with E-state index < -0.39 is 0 Å². The minimum absolute atomic E-state index is 0.176. The van der Waals surface area contributed by atoms with Gasteiger partial charge >= 0.3 is 0 Å². The molecule has 1 saturated carbocycles. The Morgan fingerprint density at radius 1 is 1.04 bits per heavy atom. The van der Waals surface area contributed by atoms with Crippen LogP contribution in [-0.4, -0.2) is 25.7 Å². The van der Waals surface area contributed by atoms with Crippen molar-refractivity contribution in [1.82, 2.24) is 0 Å². The molecule has 142 valence electrons. The number of carbonyl (C=O) groups excluding carboxylic acids is 1. The molecule has 1 saturated heterocycles. The number of benzene rings is 2. The number of methoxy groups -OCH3 is 1. The van der Waals surface area contributed by atoms with Crippen LogP contribution >= 0.6 is 0 Å². The second-order valence-corrected chi connectivity index (χ2v) is 7.68. The second kappa shape index (κ2) is 7.63.